The predicted octanol–water partition coefficient (Wildman–Crippen LogP) is 3.83. The molecule has 9 heteroatoms. The van der Waals surface area contributed by atoms with E-state index in [0.717, 1.165) is 31.1 Å². The van der Waals surface area contributed by atoms with Crippen molar-refractivity contribution in [3.05, 3.63) is 48.0 Å². The van der Waals surface area contributed by atoms with Crippen LogP contribution in [0.5, 0.6) is 11.5 Å². The van der Waals surface area contributed by atoms with Crippen LogP contribution < -0.4 is 9.47 Å². The zero-order valence-electron chi connectivity index (χ0n) is 18.5. The van der Waals surface area contributed by atoms with Crippen LogP contribution in [0.4, 0.5) is 0 Å². The Morgan fingerprint density at radius 2 is 1.56 bits per heavy atom. The molecule has 174 valence electrons. The zero-order chi connectivity index (χ0) is 23.1. The van der Waals surface area contributed by atoms with Gasteiger partial charge in [-0.3, -0.25) is 0 Å². The van der Waals surface area contributed by atoms with Gasteiger partial charge >= 0.3 is 0 Å². The molecule has 3 atom stereocenters. The van der Waals surface area contributed by atoms with Crippen molar-refractivity contribution in [3.63, 3.8) is 0 Å². The minimum Gasteiger partial charge on any atom is -0.454 e. The van der Waals surface area contributed by atoms with E-state index >= 15 is 0 Å². The van der Waals surface area contributed by atoms with Crippen molar-refractivity contribution < 1.29 is 26.3 Å². The van der Waals surface area contributed by atoms with Gasteiger partial charge in [0.25, 0.3) is 0 Å². The normalized spacial score (nSPS) is 23.4. The van der Waals surface area contributed by atoms with E-state index in [-0.39, 0.29) is 35.1 Å². The Bertz CT molecular complexity index is 1190. The highest BCUT2D eigenvalue weighted by Gasteiger charge is 2.38. The summed E-state index contributed by atoms with van der Waals surface area (Å²) in [5.74, 6) is 1.88. The molecule has 1 heterocycles. The van der Waals surface area contributed by atoms with Gasteiger partial charge in [-0.1, -0.05) is 32.8 Å². The number of sulfone groups is 1. The van der Waals surface area contributed by atoms with Crippen LogP contribution in [0, 0.1) is 11.8 Å². The fourth-order valence-electron chi connectivity index (χ4n) is 4.55. The largest absolute Gasteiger partial charge is 0.454 e. The third-order valence-electron chi connectivity index (χ3n) is 6.67. The number of sulfonamides is 1. The molecule has 2 aromatic carbocycles. The summed E-state index contributed by atoms with van der Waals surface area (Å²) in [6.07, 6.45) is 3.94. The van der Waals surface area contributed by atoms with E-state index in [9.17, 15) is 16.8 Å². The number of hydrogen-bond donors (Lipinski definition) is 0. The highest BCUT2D eigenvalue weighted by Crippen LogP contribution is 2.38. The molecule has 1 saturated carbocycles. The van der Waals surface area contributed by atoms with Crippen LogP contribution in [0.3, 0.4) is 0 Å². The first kappa shape index (κ1) is 23.1. The van der Waals surface area contributed by atoms with Crippen molar-refractivity contribution in [1.29, 1.82) is 0 Å². The molecular formula is C23H29NO6S2. The highest BCUT2D eigenvalue weighted by molar-refractivity contribution is 7.90. The van der Waals surface area contributed by atoms with Gasteiger partial charge in [-0.05, 0) is 60.2 Å². The summed E-state index contributed by atoms with van der Waals surface area (Å²) >= 11 is 0. The number of nitrogens with zero attached hydrogens (tertiary/aromatic N) is 1. The number of benzene rings is 2. The van der Waals surface area contributed by atoms with Crippen molar-refractivity contribution in [2.45, 2.75) is 55.5 Å². The Morgan fingerprint density at radius 3 is 2.25 bits per heavy atom. The van der Waals surface area contributed by atoms with Gasteiger partial charge in [-0.15, -0.1) is 0 Å². The summed E-state index contributed by atoms with van der Waals surface area (Å²) in [5.41, 5.74) is 0.816. The van der Waals surface area contributed by atoms with E-state index in [4.69, 9.17) is 9.47 Å². The molecule has 2 aromatic rings. The van der Waals surface area contributed by atoms with Crippen molar-refractivity contribution in [2.24, 2.45) is 11.8 Å². The predicted molar refractivity (Wildman–Crippen MR) is 121 cm³/mol. The van der Waals surface area contributed by atoms with Crippen LogP contribution in [0.1, 0.15) is 38.7 Å². The summed E-state index contributed by atoms with van der Waals surface area (Å²) in [6, 6.07) is 10.8. The molecule has 0 bridgehead atoms. The van der Waals surface area contributed by atoms with E-state index in [1.807, 2.05) is 12.1 Å². The average Bonchev–Trinajstić information content (AvgIpc) is 3.21. The molecule has 2 aliphatic rings. The summed E-state index contributed by atoms with van der Waals surface area (Å²) in [6.45, 7) is 4.64. The summed E-state index contributed by atoms with van der Waals surface area (Å²) in [4.78, 5) is 0.189. The molecule has 0 saturated heterocycles. The number of fused-ring (bicyclic) bond motifs is 1. The molecule has 1 aliphatic heterocycles. The SMILES string of the molecule is CC1CCCC(N(Cc2ccc3c(c2)OCO3)S(=O)(=O)c2ccc(S(C)(=O)=O)cc2)C1C. The average molecular weight is 480 g/mol. The maximum atomic E-state index is 13.8. The van der Waals surface area contributed by atoms with Crippen LogP contribution in [-0.2, 0) is 26.4 Å². The van der Waals surface area contributed by atoms with E-state index in [2.05, 4.69) is 13.8 Å². The fraction of sp³-hybridized carbons (Fsp3) is 0.478. The molecule has 4 rings (SSSR count). The molecule has 0 spiro atoms. The monoisotopic (exact) mass is 479 g/mol. The van der Waals surface area contributed by atoms with Gasteiger partial charge in [0, 0.05) is 18.8 Å². The van der Waals surface area contributed by atoms with Crippen molar-refractivity contribution in [2.75, 3.05) is 13.0 Å². The molecule has 0 radical (unpaired) electrons. The summed E-state index contributed by atoms with van der Waals surface area (Å²) in [7, 11) is -7.28. The van der Waals surface area contributed by atoms with Gasteiger partial charge < -0.3 is 9.47 Å². The smallest absolute Gasteiger partial charge is 0.243 e. The van der Waals surface area contributed by atoms with Crippen LogP contribution in [0.15, 0.2) is 52.3 Å². The standard InChI is InChI=1S/C23H29NO6S2/c1-16-5-4-6-21(17(16)2)24(14-18-7-12-22-23(13-18)30-15-29-22)32(27,28)20-10-8-19(9-11-20)31(3,25)26/h7-13,16-17,21H,4-6,14-15H2,1-3H3. The van der Waals surface area contributed by atoms with Gasteiger partial charge in [-0.2, -0.15) is 4.31 Å². The Balaban J connectivity index is 1.72. The first-order chi connectivity index (χ1) is 15.1. The van der Waals surface area contributed by atoms with Crippen molar-refractivity contribution in [1.82, 2.24) is 4.31 Å². The number of rotatable bonds is 6. The third-order valence-corrected chi connectivity index (χ3v) is 9.68. The van der Waals surface area contributed by atoms with Crippen LogP contribution in [-0.4, -0.2) is 40.2 Å². The topological polar surface area (TPSA) is 90.0 Å². The lowest BCUT2D eigenvalue weighted by Gasteiger charge is -2.41. The molecule has 3 unspecified atom stereocenters. The first-order valence-electron chi connectivity index (χ1n) is 10.8. The van der Waals surface area contributed by atoms with E-state index < -0.39 is 19.9 Å². The first-order valence-corrected chi connectivity index (χ1v) is 14.1. The van der Waals surface area contributed by atoms with Crippen LogP contribution in [0.2, 0.25) is 0 Å². The highest BCUT2D eigenvalue weighted by atomic mass is 32.2. The second kappa shape index (κ2) is 8.68. The molecule has 0 aromatic heterocycles. The molecule has 7 nitrogen and oxygen atoms in total. The van der Waals surface area contributed by atoms with E-state index in [0.29, 0.717) is 17.4 Å². The van der Waals surface area contributed by atoms with Crippen molar-refractivity contribution >= 4 is 19.9 Å². The molecular weight excluding hydrogens is 450 g/mol. The Kier molecular flexibility index (Phi) is 6.26. The second-order valence-electron chi connectivity index (χ2n) is 8.82. The minimum absolute atomic E-state index is 0.0936. The molecule has 0 amide bonds. The van der Waals surface area contributed by atoms with Gasteiger partial charge in [0.1, 0.15) is 0 Å². The van der Waals surface area contributed by atoms with Gasteiger partial charge in [0.05, 0.1) is 9.79 Å². The van der Waals surface area contributed by atoms with E-state index in [1.54, 1.807) is 10.4 Å². The lowest BCUT2D eigenvalue weighted by Crippen LogP contribution is -2.46. The molecule has 32 heavy (non-hydrogen) atoms. The van der Waals surface area contributed by atoms with E-state index in [1.165, 1.54) is 24.3 Å². The van der Waals surface area contributed by atoms with Gasteiger partial charge in [0.15, 0.2) is 21.3 Å². The fourth-order valence-corrected chi connectivity index (χ4v) is 6.91. The van der Waals surface area contributed by atoms with Crippen molar-refractivity contribution in [3.8, 4) is 11.5 Å². The van der Waals surface area contributed by atoms with Gasteiger partial charge in [0.2, 0.25) is 16.8 Å². The Morgan fingerprint density at radius 1 is 0.906 bits per heavy atom. The maximum absolute atomic E-state index is 13.8. The van der Waals surface area contributed by atoms with Gasteiger partial charge in [-0.25, -0.2) is 16.8 Å². The number of ether oxygens (including phenoxy) is 2. The second-order valence-corrected chi connectivity index (χ2v) is 12.7. The Labute approximate surface area is 190 Å². The van der Waals surface area contributed by atoms with Crippen LogP contribution in [0.25, 0.3) is 0 Å². The lowest BCUT2D eigenvalue weighted by molar-refractivity contribution is 0.138. The molecule has 0 N–H and O–H groups in total. The third kappa shape index (κ3) is 4.51. The molecule has 1 aliphatic carbocycles. The minimum atomic E-state index is -3.87. The number of hydrogen-bond acceptors (Lipinski definition) is 6. The quantitative estimate of drug-likeness (QED) is 0.625. The maximum Gasteiger partial charge on any atom is 0.243 e. The van der Waals surface area contributed by atoms with Crippen LogP contribution >= 0.6 is 0 Å². The molecule has 1 fully saturated rings. The Hall–Kier alpha value is -2.10. The summed E-state index contributed by atoms with van der Waals surface area (Å²) < 4.78 is 63.7. The zero-order valence-corrected chi connectivity index (χ0v) is 20.2. The lowest BCUT2D eigenvalue weighted by atomic mass is 9.78. The summed E-state index contributed by atoms with van der Waals surface area (Å²) in [5, 5.41) is 0.